The number of nitrogens with two attached hydrogens (primary N) is 1. The van der Waals surface area contributed by atoms with Gasteiger partial charge in [-0.05, 0) is 34.1 Å². The number of hydrazine groups is 1. The predicted molar refractivity (Wildman–Crippen MR) is 79.8 cm³/mol. The number of halogens is 1. The molecule has 1 unspecified atom stereocenters. The number of para-hydroxylation sites is 1. The molecule has 98 valence electrons. The maximum Gasteiger partial charge on any atom is 0.173 e. The fourth-order valence-electron chi connectivity index (χ4n) is 1.99. The van der Waals surface area contributed by atoms with Crippen LogP contribution in [0.4, 0.5) is 0 Å². The van der Waals surface area contributed by atoms with Crippen LogP contribution in [0.3, 0.4) is 0 Å². The molecule has 3 rings (SSSR count). The lowest BCUT2D eigenvalue weighted by atomic mass is 10.1. The van der Waals surface area contributed by atoms with E-state index in [-0.39, 0.29) is 6.04 Å². The summed E-state index contributed by atoms with van der Waals surface area (Å²) in [6, 6.07) is 10.0. The van der Waals surface area contributed by atoms with Gasteiger partial charge in [0, 0.05) is 12.0 Å². The zero-order chi connectivity index (χ0) is 13.2. The van der Waals surface area contributed by atoms with Gasteiger partial charge in [0.1, 0.15) is 0 Å². The number of hydrogen-bond donors (Lipinski definition) is 2. The summed E-state index contributed by atoms with van der Waals surface area (Å²) in [7, 11) is 0. The minimum absolute atomic E-state index is 0.0197. The van der Waals surface area contributed by atoms with Crippen molar-refractivity contribution in [1.29, 1.82) is 0 Å². The number of nitrogens with zero attached hydrogens (tertiary/aromatic N) is 1. The van der Waals surface area contributed by atoms with Crippen molar-refractivity contribution in [2.75, 3.05) is 0 Å². The Morgan fingerprint density at radius 2 is 2.21 bits per heavy atom. The average molecular weight is 338 g/mol. The highest BCUT2D eigenvalue weighted by Gasteiger charge is 2.17. The van der Waals surface area contributed by atoms with Crippen LogP contribution in [-0.4, -0.2) is 4.98 Å². The van der Waals surface area contributed by atoms with Gasteiger partial charge in [0.05, 0.1) is 27.5 Å². The topological polar surface area (TPSA) is 64.1 Å². The van der Waals surface area contributed by atoms with Crippen molar-refractivity contribution in [2.24, 2.45) is 5.84 Å². The Morgan fingerprint density at radius 1 is 1.37 bits per heavy atom. The molecule has 0 fully saturated rings. The molecule has 0 saturated heterocycles. The molecule has 1 atom stereocenters. The van der Waals surface area contributed by atoms with Crippen LogP contribution in [0.2, 0.25) is 0 Å². The van der Waals surface area contributed by atoms with Crippen molar-refractivity contribution in [3.8, 4) is 0 Å². The summed E-state index contributed by atoms with van der Waals surface area (Å²) in [6.07, 6.45) is 2.37. The maximum atomic E-state index is 5.64. The molecule has 0 saturated carbocycles. The molecule has 0 amide bonds. The molecule has 2 aromatic heterocycles. The number of benzene rings is 1. The van der Waals surface area contributed by atoms with Gasteiger partial charge in [-0.25, -0.2) is 4.98 Å². The van der Waals surface area contributed by atoms with Gasteiger partial charge in [0.2, 0.25) is 0 Å². The van der Waals surface area contributed by atoms with E-state index in [0.717, 1.165) is 22.5 Å². The number of nitrogens with one attached hydrogen (secondary N) is 1. The highest BCUT2D eigenvalue weighted by molar-refractivity contribution is 9.10. The molecule has 3 aromatic rings. The minimum atomic E-state index is -0.0197. The molecule has 3 N–H and O–H groups in total. The number of rotatable bonds is 4. The van der Waals surface area contributed by atoms with E-state index in [1.54, 1.807) is 17.6 Å². The first-order valence-corrected chi connectivity index (χ1v) is 7.42. The lowest BCUT2D eigenvalue weighted by Crippen LogP contribution is -2.29. The molecule has 4 nitrogen and oxygen atoms in total. The van der Waals surface area contributed by atoms with Crippen LogP contribution in [0.1, 0.15) is 16.6 Å². The highest BCUT2D eigenvalue weighted by Crippen LogP contribution is 2.29. The number of aromatic nitrogens is 1. The summed E-state index contributed by atoms with van der Waals surface area (Å²) in [4.78, 5) is 4.62. The fraction of sp³-hybridized carbons (Fsp3) is 0.154. The van der Waals surface area contributed by atoms with E-state index in [4.69, 9.17) is 10.3 Å². The number of hydrogen-bond acceptors (Lipinski definition) is 5. The van der Waals surface area contributed by atoms with E-state index in [2.05, 4.69) is 32.4 Å². The van der Waals surface area contributed by atoms with Crippen molar-refractivity contribution in [2.45, 2.75) is 12.5 Å². The van der Waals surface area contributed by atoms with Crippen LogP contribution in [0, 0.1) is 0 Å². The lowest BCUT2D eigenvalue weighted by Gasteiger charge is -2.12. The van der Waals surface area contributed by atoms with Gasteiger partial charge in [0.15, 0.2) is 4.67 Å². The molecule has 0 spiro atoms. The molecule has 6 heteroatoms. The molecular weight excluding hydrogens is 326 g/mol. The van der Waals surface area contributed by atoms with Crippen LogP contribution in [-0.2, 0) is 6.42 Å². The van der Waals surface area contributed by atoms with E-state index < -0.39 is 0 Å². The zero-order valence-electron chi connectivity index (χ0n) is 9.97. The lowest BCUT2D eigenvalue weighted by molar-refractivity contribution is 0.506. The second-order valence-electron chi connectivity index (χ2n) is 4.15. The summed E-state index contributed by atoms with van der Waals surface area (Å²) in [5.74, 6) is 5.64. The summed E-state index contributed by atoms with van der Waals surface area (Å²) < 4.78 is 7.15. The molecule has 19 heavy (non-hydrogen) atoms. The quantitative estimate of drug-likeness (QED) is 0.565. The number of thiazole rings is 1. The Kier molecular flexibility index (Phi) is 3.65. The Morgan fingerprint density at radius 3 is 2.89 bits per heavy atom. The second-order valence-corrected chi connectivity index (χ2v) is 5.98. The van der Waals surface area contributed by atoms with Gasteiger partial charge in [-0.3, -0.25) is 11.3 Å². The molecule has 1 aromatic carbocycles. The van der Waals surface area contributed by atoms with Crippen molar-refractivity contribution >= 4 is 37.5 Å². The Labute approximate surface area is 122 Å². The molecule has 0 aliphatic rings. The standard InChI is InChI=1S/C13H12BrN3OS/c14-13-8(5-6-18-13)10(17-15)7-12-16-9-3-1-2-4-11(9)19-12/h1-6,10,17H,7,15H2. The molecule has 0 aliphatic carbocycles. The summed E-state index contributed by atoms with van der Waals surface area (Å²) in [5, 5.41) is 1.05. The average Bonchev–Trinajstić information content (AvgIpc) is 3.01. The second kappa shape index (κ2) is 5.42. The monoisotopic (exact) mass is 337 g/mol. The van der Waals surface area contributed by atoms with E-state index in [0.29, 0.717) is 4.67 Å². The number of fused-ring (bicyclic) bond motifs is 1. The SMILES string of the molecule is NNC(Cc1nc2ccccc2s1)c1ccoc1Br. The van der Waals surface area contributed by atoms with Gasteiger partial charge >= 0.3 is 0 Å². The molecular formula is C13H12BrN3OS. The third-order valence-electron chi connectivity index (χ3n) is 2.94. The van der Waals surface area contributed by atoms with Gasteiger partial charge < -0.3 is 4.42 Å². The predicted octanol–water partition coefficient (Wildman–Crippen LogP) is 3.40. The zero-order valence-corrected chi connectivity index (χ0v) is 12.4. The molecule has 0 radical (unpaired) electrons. The van der Waals surface area contributed by atoms with Crippen molar-refractivity contribution in [3.05, 3.63) is 51.8 Å². The third-order valence-corrected chi connectivity index (χ3v) is 4.64. The van der Waals surface area contributed by atoms with Crippen LogP contribution in [0.5, 0.6) is 0 Å². The van der Waals surface area contributed by atoms with Gasteiger partial charge in [0.25, 0.3) is 0 Å². The van der Waals surface area contributed by atoms with Crippen molar-refractivity contribution in [3.63, 3.8) is 0 Å². The first-order chi connectivity index (χ1) is 9.28. The smallest absolute Gasteiger partial charge is 0.173 e. The van der Waals surface area contributed by atoms with Gasteiger partial charge in [-0.2, -0.15) is 0 Å². The molecule has 2 heterocycles. The van der Waals surface area contributed by atoms with E-state index in [1.807, 2.05) is 24.3 Å². The maximum absolute atomic E-state index is 5.64. The van der Waals surface area contributed by atoms with Crippen molar-refractivity contribution < 1.29 is 4.42 Å². The van der Waals surface area contributed by atoms with Crippen LogP contribution >= 0.6 is 27.3 Å². The summed E-state index contributed by atoms with van der Waals surface area (Å²) in [6.45, 7) is 0. The van der Waals surface area contributed by atoms with E-state index in [9.17, 15) is 0 Å². The first kappa shape index (κ1) is 12.8. The summed E-state index contributed by atoms with van der Waals surface area (Å²) >= 11 is 5.07. The minimum Gasteiger partial charge on any atom is -0.457 e. The molecule has 0 bridgehead atoms. The van der Waals surface area contributed by atoms with Gasteiger partial charge in [-0.15, -0.1) is 11.3 Å². The van der Waals surface area contributed by atoms with Crippen LogP contribution in [0.25, 0.3) is 10.2 Å². The molecule has 0 aliphatic heterocycles. The fourth-order valence-corrected chi connectivity index (χ4v) is 3.52. The van der Waals surface area contributed by atoms with E-state index in [1.165, 1.54) is 4.70 Å². The Balaban J connectivity index is 1.88. The van der Waals surface area contributed by atoms with E-state index >= 15 is 0 Å². The summed E-state index contributed by atoms with van der Waals surface area (Å²) in [5.41, 5.74) is 4.85. The third kappa shape index (κ3) is 2.57. The Bertz CT molecular complexity index is 661. The highest BCUT2D eigenvalue weighted by atomic mass is 79.9. The number of furan rings is 1. The van der Waals surface area contributed by atoms with Gasteiger partial charge in [-0.1, -0.05) is 12.1 Å². The normalized spacial score (nSPS) is 12.9. The van der Waals surface area contributed by atoms with Crippen LogP contribution < -0.4 is 11.3 Å². The van der Waals surface area contributed by atoms with Crippen molar-refractivity contribution in [1.82, 2.24) is 10.4 Å². The van der Waals surface area contributed by atoms with Crippen LogP contribution in [0.15, 0.2) is 45.7 Å². The Hall–Kier alpha value is -1.21. The largest absolute Gasteiger partial charge is 0.457 e. The first-order valence-electron chi connectivity index (χ1n) is 5.81.